The van der Waals surface area contributed by atoms with E-state index in [1.54, 1.807) is 0 Å². The van der Waals surface area contributed by atoms with Crippen LogP contribution in [-0.2, 0) is 11.2 Å². The highest BCUT2D eigenvalue weighted by Crippen LogP contribution is 2.42. The van der Waals surface area contributed by atoms with Crippen molar-refractivity contribution in [2.24, 2.45) is 5.41 Å². The fourth-order valence-electron chi connectivity index (χ4n) is 2.03. The number of carboxylic acids is 1. The maximum Gasteiger partial charge on any atom is 0.309 e. The Bertz CT molecular complexity index is 539. The molecule has 1 aliphatic rings. The zero-order valence-electron chi connectivity index (χ0n) is 11.7. The molecule has 1 N–H and O–H groups in total. The van der Waals surface area contributed by atoms with Crippen molar-refractivity contribution in [1.29, 1.82) is 0 Å². The van der Waals surface area contributed by atoms with Gasteiger partial charge in [0.15, 0.2) is 23.1 Å². The molecule has 1 aromatic rings. The molecule has 0 radical (unpaired) electrons. The summed E-state index contributed by atoms with van der Waals surface area (Å²) in [4.78, 5) is 11.2. The number of ether oxygens (including phenoxy) is 3. The summed E-state index contributed by atoms with van der Waals surface area (Å²) >= 11 is 0. The molecule has 0 fully saturated rings. The highest BCUT2D eigenvalue weighted by atomic mass is 19.1. The van der Waals surface area contributed by atoms with Gasteiger partial charge in [-0.15, -0.1) is 0 Å². The zero-order valence-corrected chi connectivity index (χ0v) is 11.7. The molecule has 0 aliphatic carbocycles. The quantitative estimate of drug-likeness (QED) is 0.918. The second-order valence-electron chi connectivity index (χ2n) is 5.26. The van der Waals surface area contributed by atoms with Gasteiger partial charge in [-0.2, -0.15) is 0 Å². The molecule has 6 heteroatoms. The summed E-state index contributed by atoms with van der Waals surface area (Å²) in [6, 6.07) is 1.42. The van der Waals surface area contributed by atoms with Gasteiger partial charge < -0.3 is 19.3 Å². The molecule has 0 saturated carbocycles. The van der Waals surface area contributed by atoms with Crippen molar-refractivity contribution >= 4 is 5.97 Å². The molecule has 20 heavy (non-hydrogen) atoms. The zero-order chi connectivity index (χ0) is 14.9. The SMILES string of the molecule is COc1cc2c(c(CC(C)(C)C(=O)O)c1F)OCCO2. The molecular weight excluding hydrogens is 267 g/mol. The minimum Gasteiger partial charge on any atom is -0.494 e. The van der Waals surface area contributed by atoms with Gasteiger partial charge in [0.1, 0.15) is 13.2 Å². The molecule has 1 aromatic carbocycles. The number of benzene rings is 1. The Morgan fingerprint density at radius 2 is 2.10 bits per heavy atom. The Morgan fingerprint density at radius 1 is 1.45 bits per heavy atom. The first-order valence-electron chi connectivity index (χ1n) is 6.25. The van der Waals surface area contributed by atoms with Crippen molar-refractivity contribution in [3.8, 4) is 17.2 Å². The molecule has 5 nitrogen and oxygen atoms in total. The molecule has 0 atom stereocenters. The van der Waals surface area contributed by atoms with E-state index < -0.39 is 17.2 Å². The predicted molar refractivity (Wildman–Crippen MR) is 69.1 cm³/mol. The number of carboxylic acid groups (broad SMARTS) is 1. The van der Waals surface area contributed by atoms with Crippen LogP contribution in [0.4, 0.5) is 4.39 Å². The fourth-order valence-corrected chi connectivity index (χ4v) is 2.03. The van der Waals surface area contributed by atoms with Crippen LogP contribution in [-0.4, -0.2) is 31.4 Å². The Labute approximate surface area is 116 Å². The summed E-state index contributed by atoms with van der Waals surface area (Å²) in [5.74, 6) is -0.948. The van der Waals surface area contributed by atoms with Crippen LogP contribution >= 0.6 is 0 Å². The monoisotopic (exact) mass is 284 g/mol. The smallest absolute Gasteiger partial charge is 0.309 e. The number of hydrogen-bond acceptors (Lipinski definition) is 4. The topological polar surface area (TPSA) is 65.0 Å². The van der Waals surface area contributed by atoms with E-state index in [9.17, 15) is 14.3 Å². The van der Waals surface area contributed by atoms with E-state index in [1.165, 1.54) is 27.0 Å². The average molecular weight is 284 g/mol. The molecule has 0 unspecified atom stereocenters. The van der Waals surface area contributed by atoms with E-state index in [-0.39, 0.29) is 23.5 Å². The Kier molecular flexibility index (Phi) is 3.74. The van der Waals surface area contributed by atoms with E-state index in [2.05, 4.69) is 0 Å². The summed E-state index contributed by atoms with van der Waals surface area (Å²) in [7, 11) is 1.35. The molecule has 0 spiro atoms. The van der Waals surface area contributed by atoms with E-state index in [0.717, 1.165) is 0 Å². The number of aliphatic carboxylic acids is 1. The molecule has 0 bridgehead atoms. The van der Waals surface area contributed by atoms with Gasteiger partial charge in [0.2, 0.25) is 0 Å². The number of hydrogen-bond donors (Lipinski definition) is 1. The van der Waals surface area contributed by atoms with Gasteiger partial charge in [-0.05, 0) is 20.3 Å². The van der Waals surface area contributed by atoms with Crippen LogP contribution in [0.25, 0.3) is 0 Å². The van der Waals surface area contributed by atoms with Crippen LogP contribution in [0.1, 0.15) is 19.4 Å². The van der Waals surface area contributed by atoms with Gasteiger partial charge in [-0.3, -0.25) is 4.79 Å². The third-order valence-electron chi connectivity index (χ3n) is 3.25. The normalized spacial score (nSPS) is 14.0. The molecule has 0 saturated heterocycles. The van der Waals surface area contributed by atoms with Crippen molar-refractivity contribution in [1.82, 2.24) is 0 Å². The van der Waals surface area contributed by atoms with E-state index in [1.807, 2.05) is 0 Å². The standard InChI is InChI=1S/C14H17FO5/c1-14(2,13(16)17)7-8-11(15)9(18-3)6-10-12(8)20-5-4-19-10/h6H,4-5,7H2,1-3H3,(H,16,17). The largest absolute Gasteiger partial charge is 0.494 e. The highest BCUT2D eigenvalue weighted by molar-refractivity contribution is 5.74. The molecular formula is C14H17FO5. The average Bonchev–Trinajstić information content (AvgIpc) is 2.41. The first kappa shape index (κ1) is 14.4. The van der Waals surface area contributed by atoms with Gasteiger partial charge in [0.25, 0.3) is 0 Å². The second-order valence-corrected chi connectivity index (χ2v) is 5.26. The fraction of sp³-hybridized carbons (Fsp3) is 0.500. The Morgan fingerprint density at radius 3 is 2.70 bits per heavy atom. The van der Waals surface area contributed by atoms with Crippen molar-refractivity contribution < 1.29 is 28.5 Å². The van der Waals surface area contributed by atoms with Crippen LogP contribution in [0.2, 0.25) is 0 Å². The molecule has 1 aliphatic heterocycles. The molecule has 2 rings (SSSR count). The molecule has 1 heterocycles. The lowest BCUT2D eigenvalue weighted by molar-refractivity contribution is -0.146. The Balaban J connectivity index is 2.52. The molecule has 110 valence electrons. The maximum absolute atomic E-state index is 14.4. The van der Waals surface area contributed by atoms with Crippen LogP contribution in [0.5, 0.6) is 17.2 Å². The summed E-state index contributed by atoms with van der Waals surface area (Å²) in [5.41, 5.74) is -0.951. The molecule has 0 amide bonds. The van der Waals surface area contributed by atoms with E-state index in [4.69, 9.17) is 14.2 Å². The summed E-state index contributed by atoms with van der Waals surface area (Å²) < 4.78 is 30.2. The highest BCUT2D eigenvalue weighted by Gasteiger charge is 2.33. The summed E-state index contributed by atoms with van der Waals surface area (Å²) in [5, 5.41) is 9.20. The number of rotatable bonds is 4. The van der Waals surface area contributed by atoms with Crippen molar-refractivity contribution in [3.05, 3.63) is 17.4 Å². The number of fused-ring (bicyclic) bond motifs is 1. The van der Waals surface area contributed by atoms with Gasteiger partial charge in [-0.1, -0.05) is 0 Å². The summed E-state index contributed by atoms with van der Waals surface area (Å²) in [6.45, 7) is 3.73. The lowest BCUT2D eigenvalue weighted by Gasteiger charge is -2.26. The number of carbonyl (C=O) groups is 1. The minimum absolute atomic E-state index is 0.0168. The van der Waals surface area contributed by atoms with Crippen LogP contribution in [0.3, 0.4) is 0 Å². The third kappa shape index (κ3) is 2.50. The maximum atomic E-state index is 14.4. The summed E-state index contributed by atoms with van der Waals surface area (Å²) in [6.07, 6.45) is -0.0168. The van der Waals surface area contributed by atoms with Gasteiger partial charge >= 0.3 is 5.97 Å². The van der Waals surface area contributed by atoms with Gasteiger partial charge in [0, 0.05) is 11.6 Å². The molecule has 0 aromatic heterocycles. The van der Waals surface area contributed by atoms with Crippen LogP contribution < -0.4 is 14.2 Å². The third-order valence-corrected chi connectivity index (χ3v) is 3.25. The van der Waals surface area contributed by atoms with Crippen molar-refractivity contribution in [3.63, 3.8) is 0 Å². The van der Waals surface area contributed by atoms with Crippen LogP contribution in [0.15, 0.2) is 6.07 Å². The lowest BCUT2D eigenvalue weighted by Crippen LogP contribution is -2.28. The van der Waals surface area contributed by atoms with E-state index >= 15 is 0 Å². The van der Waals surface area contributed by atoms with Gasteiger partial charge in [-0.25, -0.2) is 4.39 Å². The second kappa shape index (κ2) is 5.19. The van der Waals surface area contributed by atoms with Crippen molar-refractivity contribution in [2.75, 3.05) is 20.3 Å². The number of halogens is 1. The first-order valence-corrected chi connectivity index (χ1v) is 6.25. The van der Waals surface area contributed by atoms with Crippen LogP contribution in [0, 0.1) is 11.2 Å². The lowest BCUT2D eigenvalue weighted by atomic mass is 9.85. The Hall–Kier alpha value is -1.98. The minimum atomic E-state index is -1.12. The van der Waals surface area contributed by atoms with Gasteiger partial charge in [0.05, 0.1) is 12.5 Å². The van der Waals surface area contributed by atoms with E-state index in [0.29, 0.717) is 19.0 Å². The predicted octanol–water partition coefficient (Wildman–Crippen LogP) is 2.26. The first-order chi connectivity index (χ1) is 9.36. The van der Waals surface area contributed by atoms with Crippen molar-refractivity contribution in [2.45, 2.75) is 20.3 Å². The number of methoxy groups -OCH3 is 1.